The first-order chi connectivity index (χ1) is 9.24. The van der Waals surface area contributed by atoms with Crippen molar-refractivity contribution in [2.75, 3.05) is 6.54 Å². The summed E-state index contributed by atoms with van der Waals surface area (Å²) in [4.78, 5) is 0. The van der Waals surface area contributed by atoms with Crippen LogP contribution in [-0.2, 0) is 6.42 Å². The molecule has 1 fully saturated rings. The Labute approximate surface area is 110 Å². The lowest BCUT2D eigenvalue weighted by atomic mass is 9.94. The number of hydrogen-bond donors (Lipinski definition) is 1. The van der Waals surface area contributed by atoms with E-state index in [2.05, 4.69) is 10.1 Å². The minimum absolute atomic E-state index is 0.266. The fourth-order valence-corrected chi connectivity index (χ4v) is 2.53. The molecule has 1 saturated heterocycles. The monoisotopic (exact) mass is 263 g/mol. The maximum Gasteiger partial charge on any atom is 0.387 e. The van der Waals surface area contributed by atoms with Crippen LogP contribution in [0.15, 0.2) is 36.4 Å². The van der Waals surface area contributed by atoms with Crippen molar-refractivity contribution < 1.29 is 13.5 Å². The van der Waals surface area contributed by atoms with Crippen LogP contribution in [-0.4, -0.2) is 19.2 Å². The van der Waals surface area contributed by atoms with Gasteiger partial charge in [-0.15, -0.1) is 0 Å². The maximum atomic E-state index is 12.5. The van der Waals surface area contributed by atoms with Crippen LogP contribution in [0.3, 0.4) is 0 Å². The number of hydrogen-bond acceptors (Lipinski definition) is 2. The van der Waals surface area contributed by atoms with Gasteiger partial charge >= 0.3 is 6.61 Å². The third kappa shape index (κ3) is 2.54. The third-order valence-electron chi connectivity index (χ3n) is 3.56. The molecule has 4 heteroatoms. The minimum Gasteiger partial charge on any atom is -0.434 e. The first kappa shape index (κ1) is 12.4. The van der Waals surface area contributed by atoms with Gasteiger partial charge < -0.3 is 10.1 Å². The SMILES string of the molecule is FC(F)Oc1cccc2cccc(C[C@H]3CCN3)c12. The fourth-order valence-electron chi connectivity index (χ4n) is 2.53. The normalized spacial score (nSPS) is 18.6. The van der Waals surface area contributed by atoms with E-state index in [1.54, 1.807) is 12.1 Å². The first-order valence-electron chi connectivity index (χ1n) is 6.43. The average Bonchev–Trinajstić information content (AvgIpc) is 2.33. The second kappa shape index (κ2) is 5.13. The highest BCUT2D eigenvalue weighted by atomic mass is 19.3. The van der Waals surface area contributed by atoms with E-state index in [1.165, 1.54) is 0 Å². The summed E-state index contributed by atoms with van der Waals surface area (Å²) in [7, 11) is 0. The van der Waals surface area contributed by atoms with Crippen molar-refractivity contribution in [2.24, 2.45) is 0 Å². The van der Waals surface area contributed by atoms with Gasteiger partial charge in [0.15, 0.2) is 0 Å². The molecule has 2 aromatic carbocycles. The molecule has 0 radical (unpaired) electrons. The largest absolute Gasteiger partial charge is 0.434 e. The highest BCUT2D eigenvalue weighted by molar-refractivity contribution is 5.91. The molecule has 3 rings (SSSR count). The van der Waals surface area contributed by atoms with E-state index in [0.717, 1.165) is 35.7 Å². The van der Waals surface area contributed by atoms with Gasteiger partial charge in [0.25, 0.3) is 0 Å². The summed E-state index contributed by atoms with van der Waals surface area (Å²) >= 11 is 0. The number of fused-ring (bicyclic) bond motifs is 1. The Balaban J connectivity index is 2.04. The lowest BCUT2D eigenvalue weighted by Crippen LogP contribution is -2.44. The quantitative estimate of drug-likeness (QED) is 0.913. The molecule has 0 amide bonds. The molecule has 0 spiro atoms. The Morgan fingerprint density at radius 1 is 1.21 bits per heavy atom. The number of benzene rings is 2. The van der Waals surface area contributed by atoms with Crippen molar-refractivity contribution in [2.45, 2.75) is 25.5 Å². The summed E-state index contributed by atoms with van der Waals surface area (Å²) in [6, 6.07) is 11.6. The minimum atomic E-state index is -2.79. The van der Waals surface area contributed by atoms with E-state index in [1.807, 2.05) is 24.3 Å². The molecule has 1 atom stereocenters. The number of rotatable bonds is 4. The van der Waals surface area contributed by atoms with Crippen LogP contribution in [0, 0.1) is 0 Å². The Morgan fingerprint density at radius 2 is 1.95 bits per heavy atom. The van der Waals surface area contributed by atoms with E-state index >= 15 is 0 Å². The van der Waals surface area contributed by atoms with E-state index in [0.29, 0.717) is 6.04 Å². The summed E-state index contributed by atoms with van der Waals surface area (Å²) in [6.07, 6.45) is 1.98. The van der Waals surface area contributed by atoms with Gasteiger partial charge in [-0.3, -0.25) is 0 Å². The molecule has 0 aliphatic carbocycles. The Morgan fingerprint density at radius 3 is 2.58 bits per heavy atom. The molecule has 19 heavy (non-hydrogen) atoms. The van der Waals surface area contributed by atoms with Gasteiger partial charge in [-0.2, -0.15) is 8.78 Å². The second-order valence-electron chi connectivity index (χ2n) is 4.79. The van der Waals surface area contributed by atoms with Crippen LogP contribution in [0.2, 0.25) is 0 Å². The van der Waals surface area contributed by atoms with Crippen LogP contribution in [0.25, 0.3) is 10.8 Å². The Kier molecular flexibility index (Phi) is 3.34. The summed E-state index contributed by atoms with van der Waals surface area (Å²) in [5, 5.41) is 5.07. The Hall–Kier alpha value is -1.68. The number of ether oxygens (including phenoxy) is 1. The van der Waals surface area contributed by atoms with Gasteiger partial charge in [-0.1, -0.05) is 30.3 Å². The van der Waals surface area contributed by atoms with E-state index in [-0.39, 0.29) is 5.75 Å². The van der Waals surface area contributed by atoms with E-state index < -0.39 is 6.61 Å². The highest BCUT2D eigenvalue weighted by Gasteiger charge is 2.19. The predicted molar refractivity (Wildman–Crippen MR) is 70.7 cm³/mol. The molecule has 1 heterocycles. The highest BCUT2D eigenvalue weighted by Crippen LogP contribution is 2.31. The van der Waals surface area contributed by atoms with Crippen molar-refractivity contribution in [1.82, 2.24) is 5.32 Å². The summed E-state index contributed by atoms with van der Waals surface area (Å²) in [6.45, 7) is -1.75. The van der Waals surface area contributed by atoms with Crippen molar-refractivity contribution in [1.29, 1.82) is 0 Å². The van der Waals surface area contributed by atoms with E-state index in [9.17, 15) is 8.78 Å². The molecular weight excluding hydrogens is 248 g/mol. The molecular formula is C15H15F2NO. The van der Waals surface area contributed by atoms with E-state index in [4.69, 9.17) is 0 Å². The van der Waals surface area contributed by atoms with Crippen molar-refractivity contribution in [3.63, 3.8) is 0 Å². The molecule has 100 valence electrons. The summed E-state index contributed by atoms with van der Waals surface area (Å²) in [5.41, 5.74) is 1.06. The van der Waals surface area contributed by atoms with Gasteiger partial charge in [0.1, 0.15) is 5.75 Å². The van der Waals surface area contributed by atoms with Gasteiger partial charge in [0.05, 0.1) is 0 Å². The van der Waals surface area contributed by atoms with Crippen LogP contribution in [0.5, 0.6) is 5.75 Å². The van der Waals surface area contributed by atoms with Crippen LogP contribution in [0.1, 0.15) is 12.0 Å². The van der Waals surface area contributed by atoms with Crippen molar-refractivity contribution in [3.8, 4) is 5.75 Å². The smallest absolute Gasteiger partial charge is 0.387 e. The lowest BCUT2D eigenvalue weighted by Gasteiger charge is -2.28. The first-order valence-corrected chi connectivity index (χ1v) is 6.43. The molecule has 1 aliphatic rings. The van der Waals surface area contributed by atoms with Crippen molar-refractivity contribution in [3.05, 3.63) is 42.0 Å². The Bertz CT molecular complexity index is 576. The third-order valence-corrected chi connectivity index (χ3v) is 3.56. The molecule has 0 aromatic heterocycles. The van der Waals surface area contributed by atoms with Gasteiger partial charge in [0, 0.05) is 11.4 Å². The predicted octanol–water partition coefficient (Wildman–Crippen LogP) is 3.35. The number of alkyl halides is 2. The van der Waals surface area contributed by atoms with Gasteiger partial charge in [0.2, 0.25) is 0 Å². The zero-order valence-electron chi connectivity index (χ0n) is 10.4. The van der Waals surface area contributed by atoms with Crippen LogP contribution >= 0.6 is 0 Å². The molecule has 1 N–H and O–H groups in total. The standard InChI is InChI=1S/C15H15F2NO/c16-15(17)19-13-6-2-4-10-3-1-5-11(14(10)13)9-12-7-8-18-12/h1-6,12,15,18H,7-9H2/t12-/m1/s1. The second-order valence-corrected chi connectivity index (χ2v) is 4.79. The molecule has 0 saturated carbocycles. The molecule has 2 nitrogen and oxygen atoms in total. The van der Waals surface area contributed by atoms with Gasteiger partial charge in [-0.05, 0) is 36.4 Å². The molecule has 0 unspecified atom stereocenters. The average molecular weight is 263 g/mol. The molecule has 1 aliphatic heterocycles. The topological polar surface area (TPSA) is 21.3 Å². The van der Waals surface area contributed by atoms with Crippen molar-refractivity contribution >= 4 is 10.8 Å². The number of nitrogens with one attached hydrogen (secondary N) is 1. The fraction of sp³-hybridized carbons (Fsp3) is 0.333. The summed E-state index contributed by atoms with van der Waals surface area (Å²) < 4.78 is 29.6. The van der Waals surface area contributed by atoms with Crippen LogP contribution in [0.4, 0.5) is 8.78 Å². The zero-order chi connectivity index (χ0) is 13.2. The molecule has 2 aromatic rings. The lowest BCUT2D eigenvalue weighted by molar-refractivity contribution is -0.0488. The zero-order valence-corrected chi connectivity index (χ0v) is 10.4. The maximum absolute atomic E-state index is 12.5. The molecule has 0 bridgehead atoms. The van der Waals surface area contributed by atoms with Gasteiger partial charge in [-0.25, -0.2) is 0 Å². The number of halogens is 2. The summed E-state index contributed by atoms with van der Waals surface area (Å²) in [5.74, 6) is 0.266. The van der Waals surface area contributed by atoms with Crippen LogP contribution < -0.4 is 10.1 Å².